The van der Waals surface area contributed by atoms with E-state index in [1.165, 1.54) is 7.11 Å². The van der Waals surface area contributed by atoms with Crippen molar-refractivity contribution in [1.29, 1.82) is 0 Å². The highest BCUT2D eigenvalue weighted by atomic mass is 32.2. The van der Waals surface area contributed by atoms with Gasteiger partial charge in [0.05, 0.1) is 7.11 Å². The van der Waals surface area contributed by atoms with Crippen molar-refractivity contribution in [3.63, 3.8) is 0 Å². The average molecular weight is 226 g/mol. The summed E-state index contributed by atoms with van der Waals surface area (Å²) in [6.45, 7) is 0.429. The first kappa shape index (κ1) is 11.9. The Morgan fingerprint density at radius 3 is 2.80 bits per heavy atom. The Morgan fingerprint density at radius 1 is 1.40 bits per heavy atom. The molecule has 1 rings (SSSR count). The maximum absolute atomic E-state index is 11.6. The number of thioether (sulfide) groups is 1. The van der Waals surface area contributed by atoms with Crippen LogP contribution in [0.4, 0.5) is 0 Å². The minimum Gasteiger partial charge on any atom is -0.496 e. The number of methoxy groups -OCH3 is 1. The van der Waals surface area contributed by atoms with Crippen LogP contribution in [-0.2, 0) is 4.74 Å². The van der Waals surface area contributed by atoms with Crippen molar-refractivity contribution in [3.8, 4) is 5.75 Å². The summed E-state index contributed by atoms with van der Waals surface area (Å²) in [6.07, 6.45) is 1.97. The lowest BCUT2D eigenvalue weighted by atomic mass is 10.2. The van der Waals surface area contributed by atoms with Crippen molar-refractivity contribution in [3.05, 3.63) is 29.8 Å². The van der Waals surface area contributed by atoms with Crippen LogP contribution >= 0.6 is 11.8 Å². The zero-order chi connectivity index (χ0) is 11.1. The zero-order valence-corrected chi connectivity index (χ0v) is 9.67. The van der Waals surface area contributed by atoms with Gasteiger partial charge in [-0.3, -0.25) is 0 Å². The van der Waals surface area contributed by atoms with Crippen molar-refractivity contribution >= 4 is 17.7 Å². The molecule has 0 fully saturated rings. The number of ether oxygens (including phenoxy) is 2. The summed E-state index contributed by atoms with van der Waals surface area (Å²) in [4.78, 5) is 11.6. The Kier molecular flexibility index (Phi) is 5.04. The molecule has 0 spiro atoms. The van der Waals surface area contributed by atoms with Gasteiger partial charge in [-0.15, -0.1) is 0 Å². The molecule has 0 N–H and O–H groups in total. The van der Waals surface area contributed by atoms with Crippen molar-refractivity contribution in [2.45, 2.75) is 0 Å². The molecule has 4 heteroatoms. The van der Waals surface area contributed by atoms with Gasteiger partial charge in [-0.2, -0.15) is 11.8 Å². The average Bonchev–Trinajstić information content (AvgIpc) is 2.29. The fourth-order valence-electron chi connectivity index (χ4n) is 1.11. The van der Waals surface area contributed by atoms with Crippen molar-refractivity contribution < 1.29 is 14.3 Å². The lowest BCUT2D eigenvalue weighted by Crippen LogP contribution is -2.09. The highest BCUT2D eigenvalue weighted by molar-refractivity contribution is 7.98. The summed E-state index contributed by atoms with van der Waals surface area (Å²) >= 11 is 1.64. The van der Waals surface area contributed by atoms with E-state index in [0.29, 0.717) is 17.9 Å². The molecule has 0 amide bonds. The molecule has 0 unspecified atom stereocenters. The topological polar surface area (TPSA) is 35.5 Å². The zero-order valence-electron chi connectivity index (χ0n) is 8.86. The Labute approximate surface area is 93.8 Å². The molecule has 0 aliphatic rings. The maximum atomic E-state index is 11.6. The van der Waals surface area contributed by atoms with Crippen LogP contribution in [0, 0.1) is 0 Å². The molecule has 0 saturated heterocycles. The largest absolute Gasteiger partial charge is 0.496 e. The van der Waals surface area contributed by atoms with Crippen LogP contribution in [0.3, 0.4) is 0 Å². The van der Waals surface area contributed by atoms with Crippen LogP contribution in [0.15, 0.2) is 24.3 Å². The molecule has 0 radical (unpaired) electrons. The molecule has 0 aliphatic heterocycles. The van der Waals surface area contributed by atoms with Crippen LogP contribution in [0.5, 0.6) is 5.75 Å². The van der Waals surface area contributed by atoms with E-state index in [0.717, 1.165) is 5.75 Å². The van der Waals surface area contributed by atoms with Gasteiger partial charge in [0.1, 0.15) is 17.9 Å². The number of hydrogen-bond donors (Lipinski definition) is 0. The monoisotopic (exact) mass is 226 g/mol. The molecule has 0 heterocycles. The Morgan fingerprint density at radius 2 is 2.13 bits per heavy atom. The number of hydrogen-bond acceptors (Lipinski definition) is 4. The molecule has 0 saturated carbocycles. The fraction of sp³-hybridized carbons (Fsp3) is 0.364. The summed E-state index contributed by atoms with van der Waals surface area (Å²) in [5.74, 6) is 1.02. The predicted molar refractivity (Wildman–Crippen MR) is 61.7 cm³/mol. The molecule has 1 aromatic rings. The molecule has 3 nitrogen and oxygen atoms in total. The lowest BCUT2D eigenvalue weighted by Gasteiger charge is -2.07. The van der Waals surface area contributed by atoms with Crippen LogP contribution in [-0.4, -0.2) is 31.7 Å². The van der Waals surface area contributed by atoms with Gasteiger partial charge in [-0.25, -0.2) is 4.79 Å². The Hall–Kier alpha value is -1.16. The molecule has 0 atom stereocenters. The molecule has 0 aromatic heterocycles. The van der Waals surface area contributed by atoms with Crippen molar-refractivity contribution in [2.24, 2.45) is 0 Å². The summed E-state index contributed by atoms with van der Waals surface area (Å²) in [5, 5.41) is 0. The van der Waals surface area contributed by atoms with E-state index in [1.807, 2.05) is 12.3 Å². The Bertz CT molecular complexity index is 325. The number of rotatable bonds is 5. The van der Waals surface area contributed by atoms with E-state index in [2.05, 4.69) is 0 Å². The number of carbonyl (C=O) groups is 1. The SMILES string of the molecule is COc1ccccc1C(=O)OCCSC. The van der Waals surface area contributed by atoms with Crippen LogP contribution < -0.4 is 4.74 Å². The molecule has 1 aromatic carbocycles. The highest BCUT2D eigenvalue weighted by Crippen LogP contribution is 2.18. The van der Waals surface area contributed by atoms with Gasteiger partial charge >= 0.3 is 5.97 Å². The molecular weight excluding hydrogens is 212 g/mol. The van der Waals surface area contributed by atoms with Gasteiger partial charge in [0, 0.05) is 5.75 Å². The van der Waals surface area contributed by atoms with Gasteiger partial charge in [-0.1, -0.05) is 12.1 Å². The molecule has 15 heavy (non-hydrogen) atoms. The number of carbonyl (C=O) groups excluding carboxylic acids is 1. The van der Waals surface area contributed by atoms with Crippen LogP contribution in [0.2, 0.25) is 0 Å². The van der Waals surface area contributed by atoms with E-state index in [9.17, 15) is 4.79 Å². The first-order chi connectivity index (χ1) is 7.29. The van der Waals surface area contributed by atoms with Crippen molar-refractivity contribution in [2.75, 3.05) is 25.7 Å². The maximum Gasteiger partial charge on any atom is 0.341 e. The normalized spacial score (nSPS) is 9.73. The molecule has 0 bridgehead atoms. The first-order valence-corrected chi connectivity index (χ1v) is 5.98. The quantitative estimate of drug-likeness (QED) is 0.569. The second-order valence-corrected chi connectivity index (χ2v) is 3.81. The summed E-state index contributed by atoms with van der Waals surface area (Å²) < 4.78 is 10.1. The lowest BCUT2D eigenvalue weighted by molar-refractivity contribution is 0.0527. The van der Waals surface area contributed by atoms with Crippen molar-refractivity contribution in [1.82, 2.24) is 0 Å². The summed E-state index contributed by atoms with van der Waals surface area (Å²) in [5.41, 5.74) is 0.473. The standard InChI is InChI=1S/C11H14O3S/c1-13-10-6-4-3-5-9(10)11(12)14-7-8-15-2/h3-6H,7-8H2,1-2H3. The minimum atomic E-state index is -0.332. The third-order valence-electron chi connectivity index (χ3n) is 1.85. The third-order valence-corrected chi connectivity index (χ3v) is 2.42. The minimum absolute atomic E-state index is 0.332. The van der Waals surface area contributed by atoms with Gasteiger partial charge in [0.2, 0.25) is 0 Å². The molecule has 82 valence electrons. The van der Waals surface area contributed by atoms with Gasteiger partial charge in [0.25, 0.3) is 0 Å². The van der Waals surface area contributed by atoms with E-state index in [1.54, 1.807) is 30.0 Å². The van der Waals surface area contributed by atoms with Crippen LogP contribution in [0.25, 0.3) is 0 Å². The smallest absolute Gasteiger partial charge is 0.341 e. The van der Waals surface area contributed by atoms with E-state index < -0.39 is 0 Å². The molecule has 0 aliphatic carbocycles. The van der Waals surface area contributed by atoms with Gasteiger partial charge in [0.15, 0.2) is 0 Å². The van der Waals surface area contributed by atoms with Gasteiger partial charge < -0.3 is 9.47 Å². The van der Waals surface area contributed by atoms with Gasteiger partial charge in [-0.05, 0) is 18.4 Å². The van der Waals surface area contributed by atoms with E-state index in [-0.39, 0.29) is 5.97 Å². The second-order valence-electron chi connectivity index (χ2n) is 2.83. The Balaban J connectivity index is 2.64. The highest BCUT2D eigenvalue weighted by Gasteiger charge is 2.11. The number of esters is 1. The predicted octanol–water partition coefficient (Wildman–Crippen LogP) is 2.21. The fourth-order valence-corrected chi connectivity index (χ4v) is 1.36. The second kappa shape index (κ2) is 6.35. The van der Waals surface area contributed by atoms with Crippen LogP contribution in [0.1, 0.15) is 10.4 Å². The summed E-state index contributed by atoms with van der Waals surface area (Å²) in [6, 6.07) is 7.04. The first-order valence-electron chi connectivity index (χ1n) is 4.58. The number of para-hydroxylation sites is 1. The third kappa shape index (κ3) is 3.47. The summed E-state index contributed by atoms with van der Waals surface area (Å²) in [7, 11) is 1.54. The number of benzene rings is 1. The van der Waals surface area contributed by atoms with E-state index >= 15 is 0 Å². The molecular formula is C11H14O3S. The van der Waals surface area contributed by atoms with E-state index in [4.69, 9.17) is 9.47 Å².